The largest absolute Gasteiger partial charge is 0.491 e. The quantitative estimate of drug-likeness (QED) is 0.885. The van der Waals surface area contributed by atoms with E-state index >= 15 is 0 Å². The average Bonchev–Trinajstić information content (AvgIpc) is 2.95. The minimum absolute atomic E-state index is 0.110. The molecule has 0 saturated carbocycles. The van der Waals surface area contributed by atoms with Gasteiger partial charge in [-0.1, -0.05) is 5.21 Å². The number of aromatic nitrogens is 3. The van der Waals surface area contributed by atoms with E-state index in [4.69, 9.17) is 4.74 Å². The molecular formula is C16H19F2N5O2. The third-order valence-corrected chi connectivity index (χ3v) is 4.12. The Morgan fingerprint density at radius 2 is 2.24 bits per heavy atom. The number of nitrogens with one attached hydrogen (secondary N) is 2. The van der Waals surface area contributed by atoms with Crippen LogP contribution in [0.2, 0.25) is 0 Å². The lowest BCUT2D eigenvalue weighted by Crippen LogP contribution is -2.41. The number of anilines is 1. The van der Waals surface area contributed by atoms with Crippen LogP contribution in [0.15, 0.2) is 12.1 Å². The number of carbonyl (C=O) groups is 1. The summed E-state index contributed by atoms with van der Waals surface area (Å²) in [7, 11) is 1.82. The zero-order chi connectivity index (χ0) is 18.0. The molecule has 2 N–H and O–H groups in total. The van der Waals surface area contributed by atoms with Gasteiger partial charge in [0, 0.05) is 19.5 Å². The number of hydrogen-bond acceptors (Lipinski definition) is 4. The summed E-state index contributed by atoms with van der Waals surface area (Å²) in [6.07, 6.45) is 1.96. The predicted octanol–water partition coefficient (Wildman–Crippen LogP) is 2.17. The highest BCUT2D eigenvalue weighted by atomic mass is 19.1. The Bertz CT molecular complexity index is 793. The molecule has 1 heterocycles. The molecule has 2 aromatic rings. The lowest BCUT2D eigenvalue weighted by atomic mass is 9.96. The smallest absolute Gasteiger partial charge is 0.319 e. The van der Waals surface area contributed by atoms with Crippen LogP contribution >= 0.6 is 0 Å². The Morgan fingerprint density at radius 3 is 3.00 bits per heavy atom. The number of aryl methyl sites for hydroxylation is 1. The highest BCUT2D eigenvalue weighted by molar-refractivity contribution is 5.90. The number of rotatable bonds is 4. The van der Waals surface area contributed by atoms with E-state index in [1.165, 1.54) is 6.07 Å². The minimum atomic E-state index is -0.933. The zero-order valence-corrected chi connectivity index (χ0v) is 14.0. The van der Waals surface area contributed by atoms with Gasteiger partial charge in [0.2, 0.25) is 0 Å². The number of amides is 2. The molecule has 134 valence electrons. The first-order valence-corrected chi connectivity index (χ1v) is 8.05. The summed E-state index contributed by atoms with van der Waals surface area (Å²) in [6.45, 7) is 1.92. The molecule has 1 aromatic carbocycles. The van der Waals surface area contributed by atoms with Gasteiger partial charge in [0.05, 0.1) is 18.0 Å². The van der Waals surface area contributed by atoms with Crippen molar-refractivity contribution in [2.45, 2.75) is 32.2 Å². The fourth-order valence-electron chi connectivity index (χ4n) is 2.90. The summed E-state index contributed by atoms with van der Waals surface area (Å²) >= 11 is 0. The van der Waals surface area contributed by atoms with Crippen molar-refractivity contribution < 1.29 is 18.3 Å². The molecule has 25 heavy (non-hydrogen) atoms. The van der Waals surface area contributed by atoms with Crippen LogP contribution in [0.1, 0.15) is 24.7 Å². The molecule has 0 fully saturated rings. The first kappa shape index (κ1) is 17.1. The van der Waals surface area contributed by atoms with E-state index in [0.717, 1.165) is 23.9 Å². The van der Waals surface area contributed by atoms with Gasteiger partial charge < -0.3 is 15.4 Å². The fraction of sp³-hybridized carbons (Fsp3) is 0.438. The summed E-state index contributed by atoms with van der Waals surface area (Å²) in [5.41, 5.74) is 1.34. The van der Waals surface area contributed by atoms with Crippen LogP contribution in [0.4, 0.5) is 19.3 Å². The molecule has 1 aliphatic rings. The Hall–Kier alpha value is -2.71. The van der Waals surface area contributed by atoms with Gasteiger partial charge in [-0.05, 0) is 31.9 Å². The maximum Gasteiger partial charge on any atom is 0.319 e. The molecule has 0 aliphatic heterocycles. The summed E-state index contributed by atoms with van der Waals surface area (Å²) in [5.74, 6) is -1.91. The number of halogens is 2. The molecule has 1 aromatic heterocycles. The predicted molar refractivity (Wildman–Crippen MR) is 86.5 cm³/mol. The van der Waals surface area contributed by atoms with Crippen LogP contribution in [0.3, 0.4) is 0 Å². The lowest BCUT2D eigenvalue weighted by Gasteiger charge is -2.23. The second-order valence-electron chi connectivity index (χ2n) is 5.81. The SMILES string of the molecule is CCOc1ccc(F)c(NC(=O)NC2CCc3c(nnn3C)C2)c1F. The van der Waals surface area contributed by atoms with Gasteiger partial charge in [0.25, 0.3) is 0 Å². The van der Waals surface area contributed by atoms with E-state index in [1.54, 1.807) is 11.6 Å². The van der Waals surface area contributed by atoms with E-state index in [9.17, 15) is 13.6 Å². The van der Waals surface area contributed by atoms with Crippen molar-refractivity contribution in [1.82, 2.24) is 20.3 Å². The Kier molecular flexibility index (Phi) is 4.82. The van der Waals surface area contributed by atoms with Crippen LogP contribution in [-0.4, -0.2) is 33.7 Å². The van der Waals surface area contributed by atoms with E-state index < -0.39 is 23.4 Å². The molecular weight excluding hydrogens is 332 g/mol. The van der Waals surface area contributed by atoms with E-state index in [1.807, 2.05) is 7.05 Å². The highest BCUT2D eigenvalue weighted by Gasteiger charge is 2.25. The summed E-state index contributed by atoms with van der Waals surface area (Å²) < 4.78 is 34.9. The van der Waals surface area contributed by atoms with Crippen molar-refractivity contribution in [3.8, 4) is 5.75 Å². The molecule has 3 rings (SSSR count). The maximum atomic E-state index is 14.2. The van der Waals surface area contributed by atoms with Crippen LogP contribution in [0.5, 0.6) is 5.75 Å². The third-order valence-electron chi connectivity index (χ3n) is 4.12. The maximum absolute atomic E-state index is 14.2. The van der Waals surface area contributed by atoms with Gasteiger partial charge in [0.1, 0.15) is 11.5 Å². The third kappa shape index (κ3) is 3.54. The first-order valence-electron chi connectivity index (χ1n) is 8.05. The van der Waals surface area contributed by atoms with Crippen molar-refractivity contribution in [3.05, 3.63) is 35.2 Å². The number of fused-ring (bicyclic) bond motifs is 1. The topological polar surface area (TPSA) is 81.1 Å². The molecule has 7 nitrogen and oxygen atoms in total. The first-order chi connectivity index (χ1) is 12.0. The Morgan fingerprint density at radius 1 is 1.44 bits per heavy atom. The number of nitrogens with zero attached hydrogens (tertiary/aromatic N) is 3. The summed E-state index contributed by atoms with van der Waals surface area (Å²) in [5, 5.41) is 13.0. The highest BCUT2D eigenvalue weighted by Crippen LogP contribution is 2.27. The van der Waals surface area contributed by atoms with E-state index in [-0.39, 0.29) is 18.4 Å². The normalized spacial score (nSPS) is 16.2. The Balaban J connectivity index is 1.66. The summed E-state index contributed by atoms with van der Waals surface area (Å²) in [6, 6.07) is 1.39. The van der Waals surface area contributed by atoms with Crippen LogP contribution < -0.4 is 15.4 Å². The standard InChI is InChI=1S/C16H19F2N5O2/c1-3-25-13-7-5-10(17)15(14(13)18)20-16(24)19-9-4-6-12-11(8-9)21-22-23(12)2/h5,7,9H,3-4,6,8H2,1-2H3,(H2,19,20,24). The second-order valence-corrected chi connectivity index (χ2v) is 5.81. The van der Waals surface area contributed by atoms with Crippen molar-refractivity contribution in [2.75, 3.05) is 11.9 Å². The number of carbonyl (C=O) groups excluding carboxylic acids is 1. The van der Waals surface area contributed by atoms with E-state index in [0.29, 0.717) is 12.8 Å². The molecule has 2 amide bonds. The van der Waals surface area contributed by atoms with Gasteiger partial charge >= 0.3 is 6.03 Å². The lowest BCUT2D eigenvalue weighted by molar-refractivity contribution is 0.246. The van der Waals surface area contributed by atoms with Gasteiger partial charge in [0.15, 0.2) is 11.6 Å². The minimum Gasteiger partial charge on any atom is -0.491 e. The molecule has 1 unspecified atom stereocenters. The molecule has 0 saturated heterocycles. The average molecular weight is 351 g/mol. The summed E-state index contributed by atoms with van der Waals surface area (Å²) in [4.78, 5) is 12.1. The van der Waals surface area contributed by atoms with Gasteiger partial charge in [-0.25, -0.2) is 13.6 Å². The molecule has 0 bridgehead atoms. The second kappa shape index (κ2) is 7.04. The fourth-order valence-corrected chi connectivity index (χ4v) is 2.90. The number of benzene rings is 1. The van der Waals surface area contributed by atoms with Gasteiger partial charge in [-0.2, -0.15) is 0 Å². The monoisotopic (exact) mass is 351 g/mol. The van der Waals surface area contributed by atoms with Crippen LogP contribution in [0.25, 0.3) is 0 Å². The number of hydrogen-bond donors (Lipinski definition) is 2. The molecule has 9 heteroatoms. The van der Waals surface area contributed by atoms with Gasteiger partial charge in [-0.15, -0.1) is 5.10 Å². The van der Waals surface area contributed by atoms with E-state index in [2.05, 4.69) is 20.9 Å². The molecule has 0 radical (unpaired) electrons. The van der Waals surface area contributed by atoms with Crippen molar-refractivity contribution in [3.63, 3.8) is 0 Å². The van der Waals surface area contributed by atoms with Crippen molar-refractivity contribution in [1.29, 1.82) is 0 Å². The number of ether oxygens (including phenoxy) is 1. The molecule has 1 atom stereocenters. The molecule has 0 spiro atoms. The zero-order valence-electron chi connectivity index (χ0n) is 14.0. The number of urea groups is 1. The van der Waals surface area contributed by atoms with Crippen LogP contribution in [0, 0.1) is 11.6 Å². The van der Waals surface area contributed by atoms with Crippen molar-refractivity contribution in [2.24, 2.45) is 7.05 Å². The van der Waals surface area contributed by atoms with Crippen molar-refractivity contribution >= 4 is 11.7 Å². The Labute approximate surface area is 143 Å². The van der Waals surface area contributed by atoms with Crippen LogP contribution in [-0.2, 0) is 19.9 Å². The van der Waals surface area contributed by atoms with Gasteiger partial charge in [-0.3, -0.25) is 4.68 Å². The molecule has 1 aliphatic carbocycles.